The average Bonchev–Trinajstić information content (AvgIpc) is 2.21. The minimum atomic E-state index is -0.280. The van der Waals surface area contributed by atoms with E-state index in [9.17, 15) is 4.39 Å². The molecule has 0 aliphatic carbocycles. The normalized spacial score (nSPS) is 13.1. The first-order chi connectivity index (χ1) is 7.13. The van der Waals surface area contributed by atoms with Crippen molar-refractivity contribution in [2.45, 2.75) is 33.2 Å². The summed E-state index contributed by atoms with van der Waals surface area (Å²) >= 11 is 0. The van der Waals surface area contributed by atoms with Crippen molar-refractivity contribution in [2.24, 2.45) is 5.92 Å². The summed E-state index contributed by atoms with van der Waals surface area (Å²) in [5.41, 5.74) is 0.916. The third kappa shape index (κ3) is 3.96. The maximum absolute atomic E-state index is 12.7. The van der Waals surface area contributed by atoms with Gasteiger partial charge in [0.25, 0.3) is 0 Å². The number of hydrogen-bond acceptors (Lipinski definition) is 2. The number of halogens is 1. The second-order valence-corrected chi connectivity index (χ2v) is 4.16. The van der Waals surface area contributed by atoms with Crippen LogP contribution in [-0.2, 0) is 0 Å². The number of aromatic nitrogens is 1. The smallest absolute Gasteiger partial charge is 0.141 e. The molecule has 1 rings (SSSR count). The SMILES string of the molecule is CCC(NCC(C)C)c1ccc(F)cn1. The van der Waals surface area contributed by atoms with E-state index in [0.717, 1.165) is 18.7 Å². The van der Waals surface area contributed by atoms with Crippen molar-refractivity contribution in [3.8, 4) is 0 Å². The molecule has 0 spiro atoms. The highest BCUT2D eigenvalue weighted by atomic mass is 19.1. The molecule has 2 nitrogen and oxygen atoms in total. The third-order valence-corrected chi connectivity index (χ3v) is 2.29. The van der Waals surface area contributed by atoms with Gasteiger partial charge in [-0.15, -0.1) is 0 Å². The predicted molar refractivity (Wildman–Crippen MR) is 60.1 cm³/mol. The van der Waals surface area contributed by atoms with Gasteiger partial charge in [0.15, 0.2) is 0 Å². The Hall–Kier alpha value is -0.960. The van der Waals surface area contributed by atoms with Crippen LogP contribution in [0.15, 0.2) is 18.3 Å². The van der Waals surface area contributed by atoms with Crippen molar-refractivity contribution in [3.05, 3.63) is 29.8 Å². The van der Waals surface area contributed by atoms with E-state index in [-0.39, 0.29) is 11.9 Å². The van der Waals surface area contributed by atoms with Gasteiger partial charge in [0.1, 0.15) is 5.82 Å². The number of nitrogens with one attached hydrogen (secondary N) is 1. The molecular weight excluding hydrogens is 191 g/mol. The Kier molecular flexibility index (Phi) is 4.69. The van der Waals surface area contributed by atoms with Crippen LogP contribution in [-0.4, -0.2) is 11.5 Å². The molecule has 0 aromatic carbocycles. The van der Waals surface area contributed by atoms with Gasteiger partial charge in [-0.1, -0.05) is 20.8 Å². The van der Waals surface area contributed by atoms with Crippen LogP contribution < -0.4 is 5.32 Å². The molecule has 1 unspecified atom stereocenters. The first-order valence-electron chi connectivity index (χ1n) is 5.48. The van der Waals surface area contributed by atoms with Crippen molar-refractivity contribution in [2.75, 3.05) is 6.54 Å². The van der Waals surface area contributed by atoms with E-state index >= 15 is 0 Å². The molecule has 0 saturated carbocycles. The van der Waals surface area contributed by atoms with Crippen molar-refractivity contribution >= 4 is 0 Å². The van der Waals surface area contributed by atoms with Gasteiger partial charge < -0.3 is 5.32 Å². The Morgan fingerprint density at radius 3 is 2.60 bits per heavy atom. The van der Waals surface area contributed by atoms with E-state index in [4.69, 9.17) is 0 Å². The largest absolute Gasteiger partial charge is 0.308 e. The minimum absolute atomic E-state index is 0.230. The van der Waals surface area contributed by atoms with Crippen LogP contribution in [0.5, 0.6) is 0 Å². The average molecular weight is 210 g/mol. The van der Waals surface area contributed by atoms with Crippen molar-refractivity contribution in [3.63, 3.8) is 0 Å². The number of rotatable bonds is 5. The Labute approximate surface area is 90.9 Å². The minimum Gasteiger partial charge on any atom is -0.308 e. The fraction of sp³-hybridized carbons (Fsp3) is 0.583. The predicted octanol–water partition coefficient (Wildman–Crippen LogP) is 2.92. The van der Waals surface area contributed by atoms with Gasteiger partial charge >= 0.3 is 0 Å². The van der Waals surface area contributed by atoms with Gasteiger partial charge in [-0.05, 0) is 31.0 Å². The van der Waals surface area contributed by atoms with Crippen LogP contribution in [0.3, 0.4) is 0 Å². The molecule has 0 aliphatic rings. The van der Waals surface area contributed by atoms with Crippen LogP contribution in [0.25, 0.3) is 0 Å². The maximum atomic E-state index is 12.7. The Bertz CT molecular complexity index is 282. The summed E-state index contributed by atoms with van der Waals surface area (Å²) in [6.45, 7) is 7.39. The fourth-order valence-corrected chi connectivity index (χ4v) is 1.43. The zero-order chi connectivity index (χ0) is 11.3. The summed E-state index contributed by atoms with van der Waals surface area (Å²) in [6.07, 6.45) is 2.24. The maximum Gasteiger partial charge on any atom is 0.141 e. The Morgan fingerprint density at radius 2 is 2.13 bits per heavy atom. The molecular formula is C12H19FN2. The molecule has 0 radical (unpaired) electrons. The van der Waals surface area contributed by atoms with Gasteiger partial charge in [0.2, 0.25) is 0 Å². The second-order valence-electron chi connectivity index (χ2n) is 4.16. The van der Waals surface area contributed by atoms with Gasteiger partial charge in [0, 0.05) is 6.04 Å². The highest BCUT2D eigenvalue weighted by molar-refractivity contribution is 5.09. The molecule has 0 aliphatic heterocycles. The number of nitrogens with zero attached hydrogens (tertiary/aromatic N) is 1. The van der Waals surface area contributed by atoms with Gasteiger partial charge in [0.05, 0.1) is 11.9 Å². The zero-order valence-electron chi connectivity index (χ0n) is 9.63. The summed E-state index contributed by atoms with van der Waals surface area (Å²) in [7, 11) is 0. The van der Waals surface area contributed by atoms with E-state index in [2.05, 4.69) is 31.1 Å². The molecule has 1 atom stereocenters. The first kappa shape index (κ1) is 12.1. The first-order valence-corrected chi connectivity index (χ1v) is 5.48. The van der Waals surface area contributed by atoms with E-state index in [0.29, 0.717) is 5.92 Å². The standard InChI is InChI=1S/C12H19FN2/c1-4-11(14-7-9(2)3)12-6-5-10(13)8-15-12/h5-6,8-9,11,14H,4,7H2,1-3H3. The fourth-order valence-electron chi connectivity index (χ4n) is 1.43. The summed E-state index contributed by atoms with van der Waals surface area (Å²) in [5, 5.41) is 3.42. The van der Waals surface area contributed by atoms with Crippen LogP contribution in [0.2, 0.25) is 0 Å². The molecule has 0 fully saturated rings. The van der Waals surface area contributed by atoms with Crippen molar-refractivity contribution in [1.82, 2.24) is 10.3 Å². The molecule has 3 heteroatoms. The summed E-state index contributed by atoms with van der Waals surface area (Å²) in [5.74, 6) is 0.331. The molecule has 15 heavy (non-hydrogen) atoms. The van der Waals surface area contributed by atoms with Gasteiger partial charge in [-0.3, -0.25) is 4.98 Å². The van der Waals surface area contributed by atoms with Gasteiger partial charge in [-0.25, -0.2) is 4.39 Å². The van der Waals surface area contributed by atoms with E-state index in [1.807, 2.05) is 0 Å². The molecule has 84 valence electrons. The number of hydrogen-bond donors (Lipinski definition) is 1. The van der Waals surface area contributed by atoms with Crippen LogP contribution >= 0.6 is 0 Å². The molecule has 0 amide bonds. The van der Waals surface area contributed by atoms with Crippen LogP contribution in [0, 0.1) is 11.7 Å². The molecule has 1 aromatic rings. The third-order valence-electron chi connectivity index (χ3n) is 2.29. The van der Waals surface area contributed by atoms with E-state index in [1.165, 1.54) is 12.3 Å². The Morgan fingerprint density at radius 1 is 1.40 bits per heavy atom. The lowest BCUT2D eigenvalue weighted by Crippen LogP contribution is -2.25. The summed E-state index contributed by atoms with van der Waals surface area (Å²) in [4.78, 5) is 4.09. The van der Waals surface area contributed by atoms with Crippen LogP contribution in [0.1, 0.15) is 38.9 Å². The lowest BCUT2D eigenvalue weighted by atomic mass is 10.1. The van der Waals surface area contributed by atoms with Crippen molar-refractivity contribution in [1.29, 1.82) is 0 Å². The van der Waals surface area contributed by atoms with Crippen LogP contribution in [0.4, 0.5) is 4.39 Å². The quantitative estimate of drug-likeness (QED) is 0.808. The second kappa shape index (κ2) is 5.81. The van der Waals surface area contributed by atoms with E-state index < -0.39 is 0 Å². The molecule has 0 saturated heterocycles. The highest BCUT2D eigenvalue weighted by Crippen LogP contribution is 2.14. The monoisotopic (exact) mass is 210 g/mol. The highest BCUT2D eigenvalue weighted by Gasteiger charge is 2.10. The molecule has 1 heterocycles. The topological polar surface area (TPSA) is 24.9 Å². The molecule has 1 aromatic heterocycles. The lowest BCUT2D eigenvalue weighted by Gasteiger charge is -2.17. The van der Waals surface area contributed by atoms with Gasteiger partial charge in [-0.2, -0.15) is 0 Å². The zero-order valence-corrected chi connectivity index (χ0v) is 9.63. The molecule has 1 N–H and O–H groups in total. The van der Waals surface area contributed by atoms with Crippen molar-refractivity contribution < 1.29 is 4.39 Å². The number of pyridine rings is 1. The summed E-state index contributed by atoms with van der Waals surface area (Å²) in [6, 6.07) is 3.44. The van der Waals surface area contributed by atoms with E-state index in [1.54, 1.807) is 6.07 Å². The lowest BCUT2D eigenvalue weighted by molar-refractivity contribution is 0.456. The summed E-state index contributed by atoms with van der Waals surface area (Å²) < 4.78 is 12.7. The molecule has 0 bridgehead atoms. The Balaban J connectivity index is 2.61.